The molecule has 1 atom stereocenters. The normalized spacial score (nSPS) is 13.6. The number of hydrogen-bond donors (Lipinski definition) is 1. The van der Waals surface area contributed by atoms with Gasteiger partial charge in [-0.2, -0.15) is 0 Å². The smallest absolute Gasteiger partial charge is 0.232 e. The van der Waals surface area contributed by atoms with E-state index in [1.165, 1.54) is 0 Å². The number of carboxylic acids is 1. The Labute approximate surface area is 172 Å². The van der Waals surface area contributed by atoms with Crippen LogP contribution in [0.15, 0.2) is 72.8 Å². The Balaban J connectivity index is 1.69. The van der Waals surface area contributed by atoms with Crippen LogP contribution in [-0.4, -0.2) is 11.9 Å². The van der Waals surface area contributed by atoms with Gasteiger partial charge in [0.15, 0.2) is 0 Å². The summed E-state index contributed by atoms with van der Waals surface area (Å²) in [5.41, 5.74) is 2.10. The SMILES string of the molecule is O=C([O-])C[C@H](NC(=O)C1c2ccccc2Oc2ccccc21)c1ccc(Cl)cc1. The summed E-state index contributed by atoms with van der Waals surface area (Å²) < 4.78 is 5.93. The second-order valence-electron chi connectivity index (χ2n) is 6.80. The summed E-state index contributed by atoms with van der Waals surface area (Å²) >= 11 is 5.93. The molecule has 5 nitrogen and oxygen atoms in total. The minimum atomic E-state index is -1.25. The van der Waals surface area contributed by atoms with Crippen molar-refractivity contribution in [3.8, 4) is 11.5 Å². The molecule has 146 valence electrons. The number of rotatable bonds is 5. The highest BCUT2D eigenvalue weighted by Gasteiger charge is 2.33. The lowest BCUT2D eigenvalue weighted by atomic mass is 9.86. The molecule has 0 fully saturated rings. The van der Waals surface area contributed by atoms with Crippen molar-refractivity contribution >= 4 is 23.5 Å². The number of halogens is 1. The molecule has 0 bridgehead atoms. The highest BCUT2D eigenvalue weighted by Crippen LogP contribution is 2.44. The van der Waals surface area contributed by atoms with Gasteiger partial charge in [-0.25, -0.2) is 0 Å². The molecule has 3 aromatic rings. The molecule has 0 spiro atoms. The van der Waals surface area contributed by atoms with Gasteiger partial charge in [0.25, 0.3) is 0 Å². The summed E-state index contributed by atoms with van der Waals surface area (Å²) in [5, 5.41) is 14.7. The van der Waals surface area contributed by atoms with E-state index in [-0.39, 0.29) is 12.3 Å². The fraction of sp³-hybridized carbons (Fsp3) is 0.130. The zero-order chi connectivity index (χ0) is 20.4. The van der Waals surface area contributed by atoms with Crippen LogP contribution in [0.5, 0.6) is 11.5 Å². The van der Waals surface area contributed by atoms with Crippen LogP contribution in [0.4, 0.5) is 0 Å². The molecule has 1 N–H and O–H groups in total. The monoisotopic (exact) mass is 406 g/mol. The van der Waals surface area contributed by atoms with Gasteiger partial charge in [0, 0.05) is 28.5 Å². The first-order chi connectivity index (χ1) is 14.0. The van der Waals surface area contributed by atoms with Crippen LogP contribution in [0.2, 0.25) is 5.02 Å². The van der Waals surface area contributed by atoms with Crippen molar-refractivity contribution in [1.29, 1.82) is 0 Å². The lowest BCUT2D eigenvalue weighted by Gasteiger charge is -2.29. The van der Waals surface area contributed by atoms with Gasteiger partial charge in [-0.15, -0.1) is 0 Å². The van der Waals surface area contributed by atoms with Gasteiger partial charge in [0.05, 0.1) is 12.0 Å². The molecule has 0 radical (unpaired) electrons. The van der Waals surface area contributed by atoms with Crippen molar-refractivity contribution in [2.45, 2.75) is 18.4 Å². The molecule has 1 aliphatic heterocycles. The van der Waals surface area contributed by atoms with Crippen molar-refractivity contribution in [2.75, 3.05) is 0 Å². The predicted octanol–water partition coefficient (Wildman–Crippen LogP) is 3.58. The summed E-state index contributed by atoms with van der Waals surface area (Å²) in [5.74, 6) is -0.969. The quantitative estimate of drug-likeness (QED) is 0.702. The Morgan fingerprint density at radius 1 is 0.931 bits per heavy atom. The molecule has 3 aromatic carbocycles. The topological polar surface area (TPSA) is 78.5 Å². The van der Waals surface area contributed by atoms with Gasteiger partial charge < -0.3 is 20.0 Å². The maximum absolute atomic E-state index is 13.3. The second kappa shape index (κ2) is 7.97. The first-order valence-electron chi connectivity index (χ1n) is 9.14. The molecule has 29 heavy (non-hydrogen) atoms. The first kappa shape index (κ1) is 19.0. The Bertz CT molecular complexity index is 1020. The van der Waals surface area contributed by atoms with Crippen LogP contribution in [0.1, 0.15) is 35.1 Å². The zero-order valence-corrected chi connectivity index (χ0v) is 16.1. The van der Waals surface area contributed by atoms with Gasteiger partial charge in [0.1, 0.15) is 11.5 Å². The lowest BCUT2D eigenvalue weighted by molar-refractivity contribution is -0.306. The largest absolute Gasteiger partial charge is 0.550 e. The molecule has 6 heteroatoms. The van der Waals surface area contributed by atoms with Gasteiger partial charge in [-0.1, -0.05) is 60.1 Å². The van der Waals surface area contributed by atoms with E-state index >= 15 is 0 Å². The molecule has 4 rings (SSSR count). The number of para-hydroxylation sites is 2. The van der Waals surface area contributed by atoms with Crippen LogP contribution >= 0.6 is 11.6 Å². The number of carboxylic acid groups (broad SMARTS) is 1. The van der Waals surface area contributed by atoms with Crippen molar-refractivity contribution in [3.63, 3.8) is 0 Å². The zero-order valence-electron chi connectivity index (χ0n) is 15.3. The highest BCUT2D eigenvalue weighted by molar-refractivity contribution is 6.30. The molecular formula is C23H17ClNO4-. The maximum atomic E-state index is 13.3. The predicted molar refractivity (Wildman–Crippen MR) is 107 cm³/mol. The van der Waals surface area contributed by atoms with E-state index in [1.807, 2.05) is 48.5 Å². The lowest BCUT2D eigenvalue weighted by Crippen LogP contribution is -2.37. The average molecular weight is 407 g/mol. The molecular weight excluding hydrogens is 390 g/mol. The molecule has 0 saturated heterocycles. The van der Waals surface area contributed by atoms with Crippen LogP contribution in [0.3, 0.4) is 0 Å². The minimum absolute atomic E-state index is 0.311. The van der Waals surface area contributed by atoms with E-state index in [1.54, 1.807) is 24.3 Å². The van der Waals surface area contributed by atoms with Crippen molar-refractivity contribution in [3.05, 3.63) is 94.5 Å². The molecule has 1 aliphatic rings. The Kier molecular flexibility index (Phi) is 5.23. The van der Waals surface area contributed by atoms with Crippen LogP contribution < -0.4 is 15.2 Å². The Morgan fingerprint density at radius 2 is 1.48 bits per heavy atom. The number of aliphatic carboxylic acids is 1. The van der Waals surface area contributed by atoms with Gasteiger partial charge in [-0.05, 0) is 29.8 Å². The van der Waals surface area contributed by atoms with Crippen LogP contribution in [-0.2, 0) is 9.59 Å². The maximum Gasteiger partial charge on any atom is 0.232 e. The minimum Gasteiger partial charge on any atom is -0.550 e. The fourth-order valence-corrected chi connectivity index (χ4v) is 3.69. The summed E-state index contributed by atoms with van der Waals surface area (Å²) in [6, 6.07) is 20.6. The van der Waals surface area contributed by atoms with Crippen molar-refractivity contribution in [2.24, 2.45) is 0 Å². The molecule has 0 unspecified atom stereocenters. The van der Waals surface area contributed by atoms with Crippen LogP contribution in [0.25, 0.3) is 0 Å². The summed E-state index contributed by atoms with van der Waals surface area (Å²) in [6.45, 7) is 0. The third-order valence-electron chi connectivity index (χ3n) is 4.90. The van der Waals surface area contributed by atoms with E-state index in [0.717, 1.165) is 11.1 Å². The number of benzene rings is 3. The fourth-order valence-electron chi connectivity index (χ4n) is 3.56. The Morgan fingerprint density at radius 3 is 2.03 bits per heavy atom. The van der Waals surface area contributed by atoms with Gasteiger partial charge >= 0.3 is 0 Å². The number of hydrogen-bond acceptors (Lipinski definition) is 4. The van der Waals surface area contributed by atoms with Crippen molar-refractivity contribution < 1.29 is 19.4 Å². The number of carbonyl (C=O) groups excluding carboxylic acids is 2. The van der Waals surface area contributed by atoms with Crippen LogP contribution in [0, 0.1) is 0 Å². The highest BCUT2D eigenvalue weighted by atomic mass is 35.5. The molecule has 1 heterocycles. The molecule has 0 aliphatic carbocycles. The van der Waals surface area contributed by atoms with E-state index in [2.05, 4.69) is 5.32 Å². The molecule has 0 saturated carbocycles. The average Bonchev–Trinajstić information content (AvgIpc) is 2.71. The third-order valence-corrected chi connectivity index (χ3v) is 5.15. The van der Waals surface area contributed by atoms with E-state index in [0.29, 0.717) is 22.1 Å². The molecule has 0 aromatic heterocycles. The summed E-state index contributed by atoms with van der Waals surface area (Å²) in [6.07, 6.45) is -0.347. The third kappa shape index (κ3) is 3.96. The number of nitrogens with one attached hydrogen (secondary N) is 1. The number of fused-ring (bicyclic) bond motifs is 2. The number of amides is 1. The van der Waals surface area contributed by atoms with Gasteiger partial charge in [-0.3, -0.25) is 4.79 Å². The Hall–Kier alpha value is -3.31. The standard InChI is InChI=1S/C23H18ClNO4/c24-15-11-9-14(10-12-15)18(13-21(26)27)25-23(28)22-16-5-1-3-7-19(16)29-20-8-4-2-6-17(20)22/h1-12,18,22H,13H2,(H,25,28)(H,26,27)/p-1/t18-/m0/s1. The number of carbonyl (C=O) groups is 2. The van der Waals surface area contributed by atoms with E-state index in [9.17, 15) is 14.7 Å². The first-order valence-corrected chi connectivity index (χ1v) is 9.52. The number of ether oxygens (including phenoxy) is 1. The molecule has 1 amide bonds. The summed E-state index contributed by atoms with van der Waals surface area (Å²) in [7, 11) is 0. The van der Waals surface area contributed by atoms with E-state index < -0.39 is 17.9 Å². The second-order valence-corrected chi connectivity index (χ2v) is 7.24. The van der Waals surface area contributed by atoms with E-state index in [4.69, 9.17) is 16.3 Å². The van der Waals surface area contributed by atoms with Crippen molar-refractivity contribution in [1.82, 2.24) is 5.32 Å². The van der Waals surface area contributed by atoms with Gasteiger partial charge in [0.2, 0.25) is 5.91 Å². The summed E-state index contributed by atoms with van der Waals surface area (Å²) in [4.78, 5) is 24.6.